The lowest BCUT2D eigenvalue weighted by Gasteiger charge is -2.16. The van der Waals surface area contributed by atoms with Gasteiger partial charge in [0.25, 0.3) is 0 Å². The summed E-state index contributed by atoms with van der Waals surface area (Å²) in [6.07, 6.45) is 0.304. The summed E-state index contributed by atoms with van der Waals surface area (Å²) < 4.78 is 49.0. The van der Waals surface area contributed by atoms with Crippen molar-refractivity contribution in [2.24, 2.45) is 0 Å². The molecule has 0 spiro atoms. The average Bonchev–Trinajstić information content (AvgIpc) is 2.74. The molecule has 0 radical (unpaired) electrons. The third-order valence-corrected chi connectivity index (χ3v) is 3.46. The smallest absolute Gasteiger partial charge is 0.229 e. The normalized spacial score (nSPS) is 17.1. The highest BCUT2D eigenvalue weighted by Gasteiger charge is 2.24. The molecule has 1 aromatic rings. The summed E-state index contributed by atoms with van der Waals surface area (Å²) in [4.78, 5) is 0. The number of halogens is 2. The maximum absolute atomic E-state index is 13.5. The molecule has 5 nitrogen and oxygen atoms in total. The highest BCUT2D eigenvalue weighted by atomic mass is 79.9. The predicted molar refractivity (Wildman–Crippen MR) is 67.2 cm³/mol. The quantitative estimate of drug-likeness (QED) is 0.914. The Balaban J connectivity index is 2.44. The number of hydrogen-bond donors (Lipinski definition) is 1. The van der Waals surface area contributed by atoms with Gasteiger partial charge in [-0.05, 0) is 28.1 Å². The van der Waals surface area contributed by atoms with Crippen LogP contribution >= 0.6 is 15.9 Å². The number of hydrogen-bond acceptors (Lipinski definition) is 4. The minimum absolute atomic E-state index is 0.116. The van der Waals surface area contributed by atoms with Crippen LogP contribution in [0.2, 0.25) is 0 Å². The lowest BCUT2D eigenvalue weighted by molar-refractivity contribution is -0.0436. The van der Waals surface area contributed by atoms with Crippen molar-refractivity contribution in [3.05, 3.63) is 28.0 Å². The molecule has 8 heteroatoms. The Hall–Kier alpha value is -0.700. The first-order valence-corrected chi connectivity index (χ1v) is 7.75. The molecule has 0 amide bonds. The van der Waals surface area contributed by atoms with Crippen LogP contribution in [0, 0.1) is 5.82 Å². The first-order chi connectivity index (χ1) is 8.37. The fourth-order valence-corrected chi connectivity index (χ4v) is 2.52. The number of sulfonamides is 1. The van der Waals surface area contributed by atoms with Crippen molar-refractivity contribution in [1.29, 1.82) is 0 Å². The molecule has 18 heavy (non-hydrogen) atoms. The summed E-state index contributed by atoms with van der Waals surface area (Å²) >= 11 is 3.04. The standard InChI is InChI=1S/C10H11BrFNO4S/c1-18(14,15)13-9-5-8(12)7(11)4-6(9)10-16-2-3-17-10/h4-5,10,13H,2-3H2,1H3. The third-order valence-electron chi connectivity index (χ3n) is 2.26. The highest BCUT2D eigenvalue weighted by molar-refractivity contribution is 9.10. The van der Waals surface area contributed by atoms with Gasteiger partial charge in [-0.1, -0.05) is 0 Å². The Bertz CT molecular complexity index is 557. The van der Waals surface area contributed by atoms with E-state index in [9.17, 15) is 12.8 Å². The van der Waals surface area contributed by atoms with E-state index in [4.69, 9.17) is 9.47 Å². The van der Waals surface area contributed by atoms with Gasteiger partial charge in [-0.2, -0.15) is 0 Å². The Labute approximate surface area is 112 Å². The molecule has 0 atom stereocenters. The molecule has 100 valence electrons. The van der Waals surface area contributed by atoms with Crippen LogP contribution in [0.15, 0.2) is 16.6 Å². The molecule has 0 aromatic heterocycles. The van der Waals surface area contributed by atoms with Crippen molar-refractivity contribution in [2.75, 3.05) is 24.2 Å². The summed E-state index contributed by atoms with van der Waals surface area (Å²) in [5, 5.41) is 0. The van der Waals surface area contributed by atoms with Crippen LogP contribution in [0.25, 0.3) is 0 Å². The van der Waals surface area contributed by atoms with E-state index in [1.807, 2.05) is 0 Å². The van der Waals surface area contributed by atoms with Crippen LogP contribution in [-0.4, -0.2) is 27.9 Å². The number of benzene rings is 1. The van der Waals surface area contributed by atoms with E-state index in [1.54, 1.807) is 0 Å². The Morgan fingerprint density at radius 1 is 1.39 bits per heavy atom. The minimum Gasteiger partial charge on any atom is -0.346 e. The van der Waals surface area contributed by atoms with Crippen molar-refractivity contribution < 1.29 is 22.3 Å². The van der Waals surface area contributed by atoms with Gasteiger partial charge >= 0.3 is 0 Å². The second-order valence-corrected chi connectivity index (χ2v) is 6.40. The largest absolute Gasteiger partial charge is 0.346 e. The van der Waals surface area contributed by atoms with Crippen molar-refractivity contribution in [3.8, 4) is 0 Å². The zero-order valence-corrected chi connectivity index (χ0v) is 11.8. The number of ether oxygens (including phenoxy) is 2. The van der Waals surface area contributed by atoms with Crippen LogP contribution in [0.5, 0.6) is 0 Å². The molecule has 0 bridgehead atoms. The number of nitrogens with one attached hydrogen (secondary N) is 1. The molecule has 1 aliphatic rings. The van der Waals surface area contributed by atoms with Crippen molar-refractivity contribution in [2.45, 2.75) is 6.29 Å². The Morgan fingerprint density at radius 3 is 2.56 bits per heavy atom. The monoisotopic (exact) mass is 339 g/mol. The summed E-state index contributed by atoms with van der Waals surface area (Å²) in [6, 6.07) is 2.53. The molecule has 1 heterocycles. The summed E-state index contributed by atoms with van der Waals surface area (Å²) in [7, 11) is -3.50. The minimum atomic E-state index is -3.50. The van der Waals surface area contributed by atoms with E-state index in [1.165, 1.54) is 6.07 Å². The van der Waals surface area contributed by atoms with E-state index in [-0.39, 0.29) is 10.2 Å². The zero-order valence-electron chi connectivity index (χ0n) is 9.44. The molecule has 1 fully saturated rings. The maximum atomic E-state index is 13.5. The average molecular weight is 340 g/mol. The fraction of sp³-hybridized carbons (Fsp3) is 0.400. The van der Waals surface area contributed by atoms with E-state index < -0.39 is 22.1 Å². The van der Waals surface area contributed by atoms with Crippen LogP contribution < -0.4 is 4.72 Å². The van der Waals surface area contributed by atoms with Gasteiger partial charge in [0.2, 0.25) is 10.0 Å². The van der Waals surface area contributed by atoms with E-state index in [0.29, 0.717) is 18.8 Å². The van der Waals surface area contributed by atoms with Gasteiger partial charge in [0, 0.05) is 5.56 Å². The van der Waals surface area contributed by atoms with Crippen LogP contribution in [0.4, 0.5) is 10.1 Å². The Morgan fingerprint density at radius 2 is 2.00 bits per heavy atom. The maximum Gasteiger partial charge on any atom is 0.229 e. The molecule has 1 saturated heterocycles. The second-order valence-electron chi connectivity index (χ2n) is 3.80. The highest BCUT2D eigenvalue weighted by Crippen LogP contribution is 2.33. The van der Waals surface area contributed by atoms with Gasteiger partial charge in [-0.15, -0.1) is 0 Å². The molecular weight excluding hydrogens is 329 g/mol. The molecule has 0 unspecified atom stereocenters. The summed E-state index contributed by atoms with van der Waals surface area (Å²) in [5.41, 5.74) is 0.552. The van der Waals surface area contributed by atoms with Crippen molar-refractivity contribution in [1.82, 2.24) is 0 Å². The summed E-state index contributed by atoms with van der Waals surface area (Å²) in [6.45, 7) is 0.829. The van der Waals surface area contributed by atoms with Gasteiger partial charge in [-0.25, -0.2) is 12.8 Å². The van der Waals surface area contributed by atoms with Crippen molar-refractivity contribution in [3.63, 3.8) is 0 Å². The van der Waals surface area contributed by atoms with Crippen molar-refractivity contribution >= 4 is 31.6 Å². The van der Waals surface area contributed by atoms with Crippen LogP contribution in [0.1, 0.15) is 11.9 Å². The second kappa shape index (κ2) is 5.12. The molecule has 1 aromatic carbocycles. The molecule has 2 rings (SSSR count). The lowest BCUT2D eigenvalue weighted by atomic mass is 10.1. The fourth-order valence-electron chi connectivity index (χ4n) is 1.58. The molecular formula is C10H11BrFNO4S. The van der Waals surface area contributed by atoms with Gasteiger partial charge in [0.15, 0.2) is 6.29 Å². The molecule has 1 aliphatic heterocycles. The zero-order chi connectivity index (χ0) is 13.3. The van der Waals surface area contributed by atoms with Crippen LogP contribution in [0.3, 0.4) is 0 Å². The van der Waals surface area contributed by atoms with Crippen LogP contribution in [-0.2, 0) is 19.5 Å². The summed E-state index contributed by atoms with van der Waals surface area (Å²) in [5.74, 6) is -0.567. The van der Waals surface area contributed by atoms with Gasteiger partial charge < -0.3 is 9.47 Å². The first-order valence-electron chi connectivity index (χ1n) is 5.07. The molecule has 1 N–H and O–H groups in total. The van der Waals surface area contributed by atoms with Gasteiger partial charge in [-0.3, -0.25) is 4.72 Å². The van der Waals surface area contributed by atoms with Gasteiger partial charge in [0.05, 0.1) is 29.6 Å². The molecule has 0 aliphatic carbocycles. The Kier molecular flexibility index (Phi) is 3.90. The number of anilines is 1. The predicted octanol–water partition coefficient (Wildman–Crippen LogP) is 2.01. The first kappa shape index (κ1) is 13.7. The number of rotatable bonds is 3. The lowest BCUT2D eigenvalue weighted by Crippen LogP contribution is -2.13. The SMILES string of the molecule is CS(=O)(=O)Nc1cc(F)c(Br)cc1C1OCCO1. The van der Waals surface area contributed by atoms with E-state index in [2.05, 4.69) is 20.7 Å². The van der Waals surface area contributed by atoms with E-state index in [0.717, 1.165) is 12.3 Å². The molecule has 0 saturated carbocycles. The van der Waals surface area contributed by atoms with E-state index >= 15 is 0 Å². The van der Waals surface area contributed by atoms with Gasteiger partial charge in [0.1, 0.15) is 5.82 Å². The third kappa shape index (κ3) is 3.19. The topological polar surface area (TPSA) is 64.6 Å².